The molecule has 0 aliphatic rings. The molecule has 0 aliphatic carbocycles. The van der Waals surface area contributed by atoms with Crippen molar-refractivity contribution >= 4 is 17.5 Å². The Morgan fingerprint density at radius 2 is 1.88 bits per heavy atom. The van der Waals surface area contributed by atoms with Crippen molar-refractivity contribution in [3.8, 4) is 0 Å². The lowest BCUT2D eigenvalue weighted by atomic mass is 10.1. The molecule has 2 nitrogen and oxygen atoms in total. The zero-order valence-corrected chi connectivity index (χ0v) is 11.4. The number of benzene rings is 1. The van der Waals surface area contributed by atoms with Crippen molar-refractivity contribution in [2.45, 2.75) is 43.8 Å². The second kappa shape index (κ2) is 6.82. The highest BCUT2D eigenvalue weighted by Gasteiger charge is 2.22. The fourth-order valence-corrected chi connectivity index (χ4v) is 2.70. The van der Waals surface area contributed by atoms with Gasteiger partial charge in [0.2, 0.25) is 0 Å². The molecule has 94 valence electrons. The van der Waals surface area contributed by atoms with Crippen LogP contribution in [0.4, 0.5) is 0 Å². The van der Waals surface area contributed by atoms with E-state index < -0.39 is 6.10 Å². The summed E-state index contributed by atoms with van der Waals surface area (Å²) < 4.78 is 0. The number of Topliss-reactive ketones (excluding diaryl/α,β-unsaturated/α-hetero) is 1. The zero-order valence-electron chi connectivity index (χ0n) is 10.6. The molecule has 1 aromatic rings. The van der Waals surface area contributed by atoms with E-state index in [1.165, 1.54) is 0 Å². The number of carbonyl (C=O) groups is 1. The van der Waals surface area contributed by atoms with E-state index in [0.29, 0.717) is 0 Å². The van der Waals surface area contributed by atoms with Crippen LogP contribution in [0, 0.1) is 0 Å². The largest absolute Gasteiger partial charge is 0.392 e. The van der Waals surface area contributed by atoms with Crippen LogP contribution in [0.15, 0.2) is 30.3 Å². The van der Waals surface area contributed by atoms with Gasteiger partial charge in [-0.1, -0.05) is 44.2 Å². The van der Waals surface area contributed by atoms with E-state index in [1.807, 2.05) is 44.2 Å². The third kappa shape index (κ3) is 4.17. The van der Waals surface area contributed by atoms with E-state index in [-0.39, 0.29) is 16.3 Å². The van der Waals surface area contributed by atoms with Gasteiger partial charge in [0.25, 0.3) is 0 Å². The number of aliphatic hydroxyl groups is 1. The molecule has 1 aromatic carbocycles. The molecule has 0 heterocycles. The monoisotopic (exact) mass is 252 g/mol. The van der Waals surface area contributed by atoms with Crippen molar-refractivity contribution < 1.29 is 9.90 Å². The third-order valence-electron chi connectivity index (χ3n) is 2.78. The van der Waals surface area contributed by atoms with Gasteiger partial charge in [-0.05, 0) is 13.3 Å². The quantitative estimate of drug-likeness (QED) is 0.790. The third-order valence-corrected chi connectivity index (χ3v) is 4.48. The topological polar surface area (TPSA) is 37.3 Å². The minimum Gasteiger partial charge on any atom is -0.392 e. The minimum absolute atomic E-state index is 0.0676. The zero-order chi connectivity index (χ0) is 12.8. The number of rotatable bonds is 6. The molecule has 3 heteroatoms. The molecular weight excluding hydrogens is 232 g/mol. The molecule has 0 radical (unpaired) electrons. The molecule has 0 spiro atoms. The molecule has 0 bridgehead atoms. The molecule has 1 rings (SSSR count). The maximum atomic E-state index is 12.2. The predicted octanol–water partition coefficient (Wildman–Crippen LogP) is 3.15. The van der Waals surface area contributed by atoms with Gasteiger partial charge in [0.05, 0.1) is 11.4 Å². The van der Waals surface area contributed by atoms with Gasteiger partial charge < -0.3 is 5.11 Å². The van der Waals surface area contributed by atoms with Gasteiger partial charge >= 0.3 is 0 Å². The number of carbonyl (C=O) groups excluding carboxylic acids is 1. The van der Waals surface area contributed by atoms with E-state index in [1.54, 1.807) is 18.7 Å². The molecule has 0 fully saturated rings. The first kappa shape index (κ1) is 14.3. The molecule has 1 N–H and O–H groups in total. The van der Waals surface area contributed by atoms with Crippen molar-refractivity contribution in [1.82, 2.24) is 0 Å². The Kier molecular flexibility index (Phi) is 5.72. The summed E-state index contributed by atoms with van der Waals surface area (Å²) in [5, 5.41) is 9.49. The highest BCUT2D eigenvalue weighted by atomic mass is 32.2. The maximum absolute atomic E-state index is 12.2. The summed E-state index contributed by atoms with van der Waals surface area (Å²) in [7, 11) is 0. The van der Waals surface area contributed by atoms with Crippen LogP contribution in [0.1, 0.15) is 37.6 Å². The summed E-state index contributed by atoms with van der Waals surface area (Å²) in [6.07, 6.45) is 0.396. The Bertz CT molecular complexity index is 348. The van der Waals surface area contributed by atoms with E-state index >= 15 is 0 Å². The molecule has 3 unspecified atom stereocenters. The Labute approximate surface area is 107 Å². The molecule has 0 saturated carbocycles. The fourth-order valence-electron chi connectivity index (χ4n) is 1.50. The number of aliphatic hydroxyl groups excluding tert-OH is 1. The maximum Gasteiger partial charge on any atom is 0.175 e. The summed E-state index contributed by atoms with van der Waals surface area (Å²) in [5.74, 6) is 0.158. The summed E-state index contributed by atoms with van der Waals surface area (Å²) in [5.41, 5.74) is 0.754. The lowest BCUT2D eigenvalue weighted by Gasteiger charge is -2.20. The van der Waals surface area contributed by atoms with Gasteiger partial charge in [0.1, 0.15) is 0 Å². The first-order valence-corrected chi connectivity index (χ1v) is 6.93. The molecule has 0 aromatic heterocycles. The van der Waals surface area contributed by atoms with Crippen LogP contribution in [-0.4, -0.2) is 27.5 Å². The molecule has 0 saturated heterocycles. The number of hydrogen-bond donors (Lipinski definition) is 1. The van der Waals surface area contributed by atoms with Gasteiger partial charge in [-0.25, -0.2) is 0 Å². The molecule has 0 amide bonds. The van der Waals surface area contributed by atoms with Crippen molar-refractivity contribution in [2.75, 3.05) is 0 Å². The highest BCUT2D eigenvalue weighted by molar-refractivity contribution is 8.01. The van der Waals surface area contributed by atoms with Gasteiger partial charge in [0.15, 0.2) is 5.78 Å². The Hall–Kier alpha value is -0.800. The summed E-state index contributed by atoms with van der Waals surface area (Å²) in [6, 6.07) is 9.35. The van der Waals surface area contributed by atoms with E-state index in [0.717, 1.165) is 12.0 Å². The van der Waals surface area contributed by atoms with Crippen LogP contribution in [0.5, 0.6) is 0 Å². The van der Waals surface area contributed by atoms with Crippen molar-refractivity contribution in [3.63, 3.8) is 0 Å². The molecular formula is C14H20O2S. The van der Waals surface area contributed by atoms with Crippen molar-refractivity contribution in [1.29, 1.82) is 0 Å². The van der Waals surface area contributed by atoms with Crippen molar-refractivity contribution in [2.24, 2.45) is 0 Å². The van der Waals surface area contributed by atoms with E-state index in [9.17, 15) is 9.90 Å². The number of hydrogen-bond acceptors (Lipinski definition) is 3. The molecule has 17 heavy (non-hydrogen) atoms. The van der Waals surface area contributed by atoms with Gasteiger partial charge in [-0.3, -0.25) is 4.79 Å². The number of ketones is 1. The van der Waals surface area contributed by atoms with Crippen LogP contribution in [0.3, 0.4) is 0 Å². The van der Waals surface area contributed by atoms with Gasteiger partial charge in [-0.15, -0.1) is 11.8 Å². The van der Waals surface area contributed by atoms with Crippen LogP contribution in [0.25, 0.3) is 0 Å². The fraction of sp³-hybridized carbons (Fsp3) is 0.500. The normalized spacial score (nSPS) is 16.2. The smallest absolute Gasteiger partial charge is 0.175 e. The minimum atomic E-state index is -0.391. The molecule has 0 aliphatic heterocycles. The first-order valence-electron chi connectivity index (χ1n) is 5.99. The second-order valence-corrected chi connectivity index (χ2v) is 5.79. The number of thioether (sulfide) groups is 1. The lowest BCUT2D eigenvalue weighted by molar-refractivity contribution is 0.0987. The average Bonchev–Trinajstić information content (AvgIpc) is 2.35. The molecule has 3 atom stereocenters. The van der Waals surface area contributed by atoms with Crippen molar-refractivity contribution in [3.05, 3.63) is 35.9 Å². The Morgan fingerprint density at radius 3 is 2.35 bits per heavy atom. The second-order valence-electron chi connectivity index (χ2n) is 4.21. The van der Waals surface area contributed by atoms with E-state index in [4.69, 9.17) is 0 Å². The van der Waals surface area contributed by atoms with Crippen LogP contribution in [0.2, 0.25) is 0 Å². The van der Waals surface area contributed by atoms with Crippen LogP contribution >= 0.6 is 11.8 Å². The van der Waals surface area contributed by atoms with Gasteiger partial charge in [-0.2, -0.15) is 0 Å². The standard InChI is InChI=1S/C14H20O2S/c1-4-13(17-11(3)10(2)15)14(16)12-8-6-5-7-9-12/h5-11,13,15H,4H2,1-3H3. The predicted molar refractivity (Wildman–Crippen MR) is 73.6 cm³/mol. The van der Waals surface area contributed by atoms with E-state index in [2.05, 4.69) is 0 Å². The summed E-state index contributed by atoms with van der Waals surface area (Å²) in [6.45, 7) is 5.72. The SMILES string of the molecule is CCC(SC(C)C(C)O)C(=O)c1ccccc1. The van der Waals surface area contributed by atoms with Crippen LogP contribution in [-0.2, 0) is 0 Å². The summed E-state index contributed by atoms with van der Waals surface area (Å²) >= 11 is 1.56. The van der Waals surface area contributed by atoms with Crippen LogP contribution < -0.4 is 0 Å². The average molecular weight is 252 g/mol. The highest BCUT2D eigenvalue weighted by Crippen LogP contribution is 2.25. The summed E-state index contributed by atoms with van der Waals surface area (Å²) in [4.78, 5) is 12.2. The first-order chi connectivity index (χ1) is 8.06. The van der Waals surface area contributed by atoms with Gasteiger partial charge in [0, 0.05) is 10.8 Å². The Balaban J connectivity index is 2.71. The lowest BCUT2D eigenvalue weighted by Crippen LogP contribution is -2.24. The Morgan fingerprint density at radius 1 is 1.29 bits per heavy atom.